The maximum Gasteiger partial charge on any atom is 0.258 e. The number of thiazole rings is 1. The Morgan fingerprint density at radius 1 is 1.13 bits per heavy atom. The SMILES string of the molecule is Cc1ncsc1CCC(=O)N1CCC2(CC1)CNC(=O)[C@H](CO)NC(=O)[C@@H]1CCCN1C(=O)[C@H](C)NC(=O)COc1cccc(c1)C2. The molecule has 47 heavy (non-hydrogen) atoms. The minimum atomic E-state index is -1.20. The lowest BCUT2D eigenvalue weighted by molar-refractivity contribution is -0.142. The number of hydrogen-bond donors (Lipinski definition) is 4. The minimum absolute atomic E-state index is 0.0817. The highest BCUT2D eigenvalue weighted by Gasteiger charge is 2.39. The molecule has 254 valence electrons. The number of nitrogens with zero attached hydrogens (tertiary/aromatic N) is 3. The molecule has 0 aliphatic carbocycles. The first-order valence-electron chi connectivity index (χ1n) is 16.2. The molecule has 13 nitrogen and oxygen atoms in total. The zero-order valence-corrected chi connectivity index (χ0v) is 27.8. The molecule has 2 fully saturated rings. The summed E-state index contributed by atoms with van der Waals surface area (Å²) in [6.45, 7) is 4.25. The van der Waals surface area contributed by atoms with Gasteiger partial charge >= 0.3 is 0 Å². The highest BCUT2D eigenvalue weighted by molar-refractivity contribution is 7.09. The van der Waals surface area contributed by atoms with Gasteiger partial charge in [0.2, 0.25) is 23.6 Å². The number of piperidine rings is 1. The quantitative estimate of drug-likeness (QED) is 0.369. The predicted octanol–water partition coefficient (Wildman–Crippen LogP) is 0.717. The van der Waals surface area contributed by atoms with E-state index in [1.165, 1.54) is 4.90 Å². The molecule has 1 aromatic carbocycles. The number of amides is 5. The molecule has 0 radical (unpaired) electrons. The topological polar surface area (TPSA) is 170 Å². The van der Waals surface area contributed by atoms with Crippen LogP contribution in [0.4, 0.5) is 0 Å². The van der Waals surface area contributed by atoms with Crippen molar-refractivity contribution in [1.29, 1.82) is 0 Å². The monoisotopic (exact) mass is 668 g/mol. The lowest BCUT2D eigenvalue weighted by Crippen LogP contribution is -2.57. The number of ether oxygens (including phenoxy) is 1. The predicted molar refractivity (Wildman–Crippen MR) is 173 cm³/mol. The molecule has 5 rings (SSSR count). The van der Waals surface area contributed by atoms with E-state index in [2.05, 4.69) is 20.9 Å². The summed E-state index contributed by atoms with van der Waals surface area (Å²) in [6, 6.07) is 4.50. The largest absolute Gasteiger partial charge is 0.484 e. The number of aromatic nitrogens is 1. The minimum Gasteiger partial charge on any atom is -0.484 e. The average Bonchev–Trinajstić information content (AvgIpc) is 3.73. The average molecular weight is 669 g/mol. The van der Waals surface area contributed by atoms with Gasteiger partial charge < -0.3 is 35.6 Å². The summed E-state index contributed by atoms with van der Waals surface area (Å²) in [4.78, 5) is 74.4. The van der Waals surface area contributed by atoms with Crippen molar-refractivity contribution in [3.63, 3.8) is 0 Å². The smallest absolute Gasteiger partial charge is 0.258 e. The molecule has 4 N–H and O–H groups in total. The zero-order valence-electron chi connectivity index (χ0n) is 27.0. The second kappa shape index (κ2) is 15.2. The van der Waals surface area contributed by atoms with Gasteiger partial charge in [-0.2, -0.15) is 0 Å². The van der Waals surface area contributed by atoms with Crippen LogP contribution in [0, 0.1) is 12.3 Å². The number of fused-ring (bicyclic) bond motifs is 3. The van der Waals surface area contributed by atoms with Gasteiger partial charge in [0.25, 0.3) is 5.91 Å². The van der Waals surface area contributed by atoms with Crippen molar-refractivity contribution in [2.24, 2.45) is 5.41 Å². The molecule has 3 atom stereocenters. The van der Waals surface area contributed by atoms with Crippen LogP contribution in [-0.2, 0) is 36.8 Å². The lowest BCUT2D eigenvalue weighted by Gasteiger charge is -2.42. The van der Waals surface area contributed by atoms with Crippen LogP contribution in [0.5, 0.6) is 5.75 Å². The van der Waals surface area contributed by atoms with Crippen LogP contribution in [0.2, 0.25) is 0 Å². The first-order valence-corrected chi connectivity index (χ1v) is 17.1. The number of rotatable bonds is 4. The van der Waals surface area contributed by atoms with Crippen LogP contribution in [0.1, 0.15) is 55.2 Å². The third kappa shape index (κ3) is 8.47. The fraction of sp³-hybridized carbons (Fsp3) is 0.576. The van der Waals surface area contributed by atoms with E-state index in [9.17, 15) is 29.1 Å². The van der Waals surface area contributed by atoms with Gasteiger partial charge in [0.15, 0.2) is 6.61 Å². The Morgan fingerprint density at radius 3 is 2.64 bits per heavy atom. The van der Waals surface area contributed by atoms with Gasteiger partial charge in [0.05, 0.1) is 17.8 Å². The van der Waals surface area contributed by atoms with E-state index in [1.807, 2.05) is 30.0 Å². The van der Waals surface area contributed by atoms with Crippen LogP contribution in [0.25, 0.3) is 0 Å². The summed E-state index contributed by atoms with van der Waals surface area (Å²) in [5.41, 5.74) is 3.26. The normalized spacial score (nSPS) is 24.3. The van der Waals surface area contributed by atoms with E-state index in [4.69, 9.17) is 4.74 Å². The fourth-order valence-corrected chi connectivity index (χ4v) is 7.46. The molecule has 5 amide bonds. The third-order valence-electron chi connectivity index (χ3n) is 9.47. The first-order chi connectivity index (χ1) is 22.6. The summed E-state index contributed by atoms with van der Waals surface area (Å²) in [6.07, 6.45) is 3.86. The molecular formula is C33H44N6O7S. The number of hydrogen-bond acceptors (Lipinski definition) is 9. The van der Waals surface area contributed by atoms with Gasteiger partial charge in [-0.3, -0.25) is 24.0 Å². The van der Waals surface area contributed by atoms with Crippen molar-refractivity contribution in [2.75, 3.05) is 39.4 Å². The molecule has 0 unspecified atom stereocenters. The van der Waals surface area contributed by atoms with Crippen molar-refractivity contribution in [1.82, 2.24) is 30.7 Å². The Balaban J connectivity index is 1.34. The fourth-order valence-electron chi connectivity index (χ4n) is 6.67. The van der Waals surface area contributed by atoms with Crippen molar-refractivity contribution in [3.8, 4) is 5.75 Å². The first kappa shape index (κ1) is 34.3. The maximum atomic E-state index is 13.4. The number of likely N-dealkylation sites (tertiary alicyclic amines) is 1. The van der Waals surface area contributed by atoms with E-state index in [1.54, 1.807) is 29.8 Å². The van der Waals surface area contributed by atoms with E-state index in [0.717, 1.165) is 16.1 Å². The molecule has 2 aromatic rings. The number of aryl methyl sites for hydroxylation is 2. The van der Waals surface area contributed by atoms with E-state index in [-0.39, 0.29) is 19.1 Å². The molecule has 14 heteroatoms. The number of carbonyl (C=O) groups is 5. The van der Waals surface area contributed by atoms with Crippen LogP contribution in [0.15, 0.2) is 29.8 Å². The molecule has 2 bridgehead atoms. The van der Waals surface area contributed by atoms with Gasteiger partial charge in [-0.1, -0.05) is 12.1 Å². The van der Waals surface area contributed by atoms with Crippen LogP contribution in [-0.4, -0.2) is 107 Å². The summed E-state index contributed by atoms with van der Waals surface area (Å²) < 4.78 is 5.79. The zero-order chi connectivity index (χ0) is 33.6. The van der Waals surface area contributed by atoms with Crippen LogP contribution >= 0.6 is 11.3 Å². The highest BCUT2D eigenvalue weighted by Crippen LogP contribution is 2.36. The highest BCUT2D eigenvalue weighted by atomic mass is 32.1. The van der Waals surface area contributed by atoms with E-state index in [0.29, 0.717) is 70.3 Å². The Kier molecular flexibility index (Phi) is 11.1. The Bertz CT molecular complexity index is 1470. The van der Waals surface area contributed by atoms with Crippen molar-refractivity contribution in [2.45, 2.75) is 76.9 Å². The summed E-state index contributed by atoms with van der Waals surface area (Å²) >= 11 is 1.56. The molecule has 0 saturated carbocycles. The Labute approximate surface area is 278 Å². The second-order valence-electron chi connectivity index (χ2n) is 12.8. The van der Waals surface area contributed by atoms with Gasteiger partial charge in [-0.15, -0.1) is 11.3 Å². The summed E-state index contributed by atoms with van der Waals surface area (Å²) in [5, 5.41) is 18.4. The molecule has 2 saturated heterocycles. The molecule has 3 aliphatic rings. The van der Waals surface area contributed by atoms with Crippen LogP contribution < -0.4 is 20.7 Å². The maximum absolute atomic E-state index is 13.4. The molecular weight excluding hydrogens is 624 g/mol. The number of carbonyl (C=O) groups excluding carboxylic acids is 5. The van der Waals surface area contributed by atoms with Crippen molar-refractivity contribution in [3.05, 3.63) is 45.9 Å². The number of aliphatic hydroxyl groups is 1. The van der Waals surface area contributed by atoms with Gasteiger partial charge in [0, 0.05) is 37.5 Å². The van der Waals surface area contributed by atoms with Crippen LogP contribution in [0.3, 0.4) is 0 Å². The number of benzene rings is 1. The Morgan fingerprint density at radius 2 is 1.91 bits per heavy atom. The number of nitrogens with one attached hydrogen (secondary N) is 3. The molecule has 1 aromatic heterocycles. The van der Waals surface area contributed by atoms with E-state index < -0.39 is 53.8 Å². The number of aliphatic hydroxyl groups excluding tert-OH is 1. The lowest BCUT2D eigenvalue weighted by atomic mass is 9.73. The van der Waals surface area contributed by atoms with Gasteiger partial charge in [-0.25, -0.2) is 4.98 Å². The second-order valence-corrected chi connectivity index (χ2v) is 13.7. The molecule has 3 aliphatic heterocycles. The Hall–Kier alpha value is -4.04. The van der Waals surface area contributed by atoms with E-state index >= 15 is 0 Å². The van der Waals surface area contributed by atoms with Gasteiger partial charge in [0.1, 0.15) is 23.9 Å². The third-order valence-corrected chi connectivity index (χ3v) is 10.5. The summed E-state index contributed by atoms with van der Waals surface area (Å²) in [5.74, 6) is -1.36. The van der Waals surface area contributed by atoms with Gasteiger partial charge in [-0.05, 0) is 75.5 Å². The standard InChI is InChI=1S/C33H44N6O7S/c1-21-27(47-20-35-21)8-9-29(42)38-13-10-33(11-14-38)16-23-5-3-6-24(15-23)46-18-28(41)36-22(2)32(45)39-12-4-7-26(39)31(44)37-25(17-40)30(43)34-19-33/h3,5-6,15,20,22,25-26,40H,4,7-14,16-19H2,1-2H3,(H,34,43)(H,36,41)(H,37,44)/t22-,25-,26-/m0/s1. The molecule has 4 heterocycles. The van der Waals surface area contributed by atoms with Crippen molar-refractivity contribution < 1.29 is 33.8 Å². The summed E-state index contributed by atoms with van der Waals surface area (Å²) in [7, 11) is 0. The molecule has 1 spiro atoms. The van der Waals surface area contributed by atoms with Crippen molar-refractivity contribution >= 4 is 40.9 Å².